The molecule has 0 aliphatic rings. The maximum atomic E-state index is 11.3. The first-order chi connectivity index (χ1) is 7.15. The van der Waals surface area contributed by atoms with Crippen molar-refractivity contribution in [1.29, 1.82) is 0 Å². The van der Waals surface area contributed by atoms with E-state index in [1.54, 1.807) is 25.4 Å². The van der Waals surface area contributed by atoms with Gasteiger partial charge in [0, 0.05) is 13.3 Å². The lowest BCUT2D eigenvalue weighted by Gasteiger charge is -2.14. The molecule has 0 N–H and O–H groups in total. The molecule has 1 rings (SSSR count). The van der Waals surface area contributed by atoms with Gasteiger partial charge in [-0.3, -0.25) is 4.79 Å². The molecular formula is C11H15NO3. The van der Waals surface area contributed by atoms with E-state index in [2.05, 4.69) is 4.98 Å². The summed E-state index contributed by atoms with van der Waals surface area (Å²) in [4.78, 5) is 15.3. The number of hydrogen-bond donors (Lipinski definition) is 0. The number of methoxy groups -OCH3 is 1. The summed E-state index contributed by atoms with van der Waals surface area (Å²) in [7, 11) is 1.60. The van der Waals surface area contributed by atoms with E-state index in [1.165, 1.54) is 6.92 Å². The van der Waals surface area contributed by atoms with Crippen LogP contribution in [0.3, 0.4) is 0 Å². The van der Waals surface area contributed by atoms with Crippen LogP contribution in [0.25, 0.3) is 0 Å². The Morgan fingerprint density at radius 3 is 2.93 bits per heavy atom. The van der Waals surface area contributed by atoms with E-state index in [9.17, 15) is 4.79 Å². The molecule has 82 valence electrons. The normalized spacial score (nSPS) is 12.2. The molecule has 0 saturated carbocycles. The van der Waals surface area contributed by atoms with E-state index in [4.69, 9.17) is 9.47 Å². The van der Waals surface area contributed by atoms with Gasteiger partial charge in [0.15, 0.2) is 5.78 Å². The highest BCUT2D eigenvalue weighted by Crippen LogP contribution is 2.16. The van der Waals surface area contributed by atoms with Gasteiger partial charge in [-0.25, -0.2) is 4.98 Å². The highest BCUT2D eigenvalue weighted by Gasteiger charge is 2.11. The van der Waals surface area contributed by atoms with E-state index >= 15 is 0 Å². The molecule has 0 aromatic carbocycles. The molecule has 1 atom stereocenters. The Morgan fingerprint density at radius 1 is 1.60 bits per heavy atom. The number of aromatic nitrogens is 1. The van der Waals surface area contributed by atoms with E-state index in [1.807, 2.05) is 6.92 Å². The van der Waals surface area contributed by atoms with Crippen molar-refractivity contribution in [3.63, 3.8) is 0 Å². The summed E-state index contributed by atoms with van der Waals surface area (Å²) in [6.45, 7) is 3.82. The average molecular weight is 209 g/mol. The van der Waals surface area contributed by atoms with Crippen LogP contribution >= 0.6 is 0 Å². The molecule has 0 fully saturated rings. The fraction of sp³-hybridized carbons (Fsp3) is 0.455. The number of Topliss-reactive ketones (excluding diaryl/α,β-unsaturated/α-hetero) is 1. The summed E-state index contributed by atoms with van der Waals surface area (Å²) in [6, 6.07) is 3.41. The number of pyridine rings is 1. The Balaban J connectivity index is 2.79. The minimum Gasteiger partial charge on any atom is -0.472 e. The topological polar surface area (TPSA) is 48.4 Å². The molecule has 15 heavy (non-hydrogen) atoms. The van der Waals surface area contributed by atoms with Gasteiger partial charge in [0.25, 0.3) is 0 Å². The van der Waals surface area contributed by atoms with Gasteiger partial charge in [0.05, 0.1) is 12.2 Å². The van der Waals surface area contributed by atoms with Gasteiger partial charge in [0.2, 0.25) is 5.88 Å². The minimum absolute atomic E-state index is 0.0530. The van der Waals surface area contributed by atoms with Crippen LogP contribution in [0.2, 0.25) is 0 Å². The molecule has 4 heteroatoms. The van der Waals surface area contributed by atoms with Crippen LogP contribution in [-0.4, -0.2) is 30.6 Å². The Bertz CT molecular complexity index is 338. The quantitative estimate of drug-likeness (QED) is 0.692. The van der Waals surface area contributed by atoms with Gasteiger partial charge in [-0.15, -0.1) is 0 Å². The van der Waals surface area contributed by atoms with Gasteiger partial charge in [-0.2, -0.15) is 0 Å². The summed E-state index contributed by atoms with van der Waals surface area (Å²) in [5, 5.41) is 0. The molecule has 0 radical (unpaired) electrons. The molecule has 0 saturated heterocycles. The van der Waals surface area contributed by atoms with Crippen LogP contribution in [-0.2, 0) is 4.74 Å². The number of carbonyl (C=O) groups excluding carboxylic acids is 1. The number of ether oxygens (including phenoxy) is 2. The Kier molecular flexibility index (Phi) is 4.24. The molecule has 0 aliphatic carbocycles. The third kappa shape index (κ3) is 3.32. The third-order valence-corrected chi connectivity index (χ3v) is 1.86. The predicted octanol–water partition coefficient (Wildman–Crippen LogP) is 1.70. The molecule has 1 unspecified atom stereocenters. The van der Waals surface area contributed by atoms with Crippen molar-refractivity contribution in [2.45, 2.75) is 20.0 Å². The smallest absolute Gasteiger partial charge is 0.224 e. The van der Waals surface area contributed by atoms with E-state index in [-0.39, 0.29) is 11.9 Å². The third-order valence-electron chi connectivity index (χ3n) is 1.86. The number of nitrogens with zero attached hydrogens (tertiary/aromatic N) is 1. The van der Waals surface area contributed by atoms with Crippen molar-refractivity contribution < 1.29 is 14.3 Å². The fourth-order valence-corrected chi connectivity index (χ4v) is 1.21. The van der Waals surface area contributed by atoms with E-state index in [0.29, 0.717) is 18.1 Å². The molecule has 0 spiro atoms. The molecule has 0 amide bonds. The first kappa shape index (κ1) is 11.7. The number of hydrogen-bond acceptors (Lipinski definition) is 4. The number of carbonyl (C=O) groups is 1. The molecular weight excluding hydrogens is 194 g/mol. The van der Waals surface area contributed by atoms with Crippen molar-refractivity contribution in [2.24, 2.45) is 0 Å². The number of rotatable bonds is 5. The van der Waals surface area contributed by atoms with Crippen LogP contribution in [0.1, 0.15) is 24.2 Å². The SMILES string of the molecule is COCC(C)Oc1ncccc1C(C)=O. The zero-order chi connectivity index (χ0) is 11.3. The molecule has 0 aliphatic heterocycles. The molecule has 1 aromatic heterocycles. The second kappa shape index (κ2) is 5.46. The highest BCUT2D eigenvalue weighted by atomic mass is 16.5. The summed E-state index contributed by atoms with van der Waals surface area (Å²) < 4.78 is 10.4. The van der Waals surface area contributed by atoms with Gasteiger partial charge in [-0.05, 0) is 26.0 Å². The minimum atomic E-state index is -0.122. The van der Waals surface area contributed by atoms with Gasteiger partial charge < -0.3 is 9.47 Å². The van der Waals surface area contributed by atoms with Crippen LogP contribution < -0.4 is 4.74 Å². The van der Waals surface area contributed by atoms with Crippen molar-refractivity contribution in [3.05, 3.63) is 23.9 Å². The summed E-state index contributed by atoms with van der Waals surface area (Å²) in [5.41, 5.74) is 0.500. The van der Waals surface area contributed by atoms with Crippen molar-refractivity contribution >= 4 is 5.78 Å². The first-order valence-electron chi connectivity index (χ1n) is 4.76. The zero-order valence-corrected chi connectivity index (χ0v) is 9.19. The monoisotopic (exact) mass is 209 g/mol. The zero-order valence-electron chi connectivity index (χ0n) is 9.19. The van der Waals surface area contributed by atoms with E-state index < -0.39 is 0 Å². The van der Waals surface area contributed by atoms with Crippen molar-refractivity contribution in [2.75, 3.05) is 13.7 Å². The average Bonchev–Trinajstić information content (AvgIpc) is 2.18. The number of ketones is 1. The molecule has 1 heterocycles. The Morgan fingerprint density at radius 2 is 2.33 bits per heavy atom. The van der Waals surface area contributed by atoms with Crippen molar-refractivity contribution in [1.82, 2.24) is 4.98 Å². The summed E-state index contributed by atoms with van der Waals surface area (Å²) >= 11 is 0. The van der Waals surface area contributed by atoms with E-state index in [0.717, 1.165) is 0 Å². The van der Waals surface area contributed by atoms with Crippen molar-refractivity contribution in [3.8, 4) is 5.88 Å². The second-order valence-electron chi connectivity index (χ2n) is 3.30. The van der Waals surface area contributed by atoms with Crippen LogP contribution in [0.4, 0.5) is 0 Å². The Labute approximate surface area is 89.2 Å². The molecule has 4 nitrogen and oxygen atoms in total. The lowest BCUT2D eigenvalue weighted by molar-refractivity contribution is 0.0861. The maximum absolute atomic E-state index is 11.3. The second-order valence-corrected chi connectivity index (χ2v) is 3.30. The fourth-order valence-electron chi connectivity index (χ4n) is 1.21. The largest absolute Gasteiger partial charge is 0.472 e. The van der Waals surface area contributed by atoms with Crippen LogP contribution in [0, 0.1) is 0 Å². The summed E-state index contributed by atoms with van der Waals surface area (Å²) in [6.07, 6.45) is 1.48. The standard InChI is InChI=1S/C11H15NO3/c1-8(7-14-3)15-11-10(9(2)13)5-4-6-12-11/h4-6,8H,7H2,1-3H3. The molecule has 1 aromatic rings. The van der Waals surface area contributed by atoms with Crippen LogP contribution in [0.15, 0.2) is 18.3 Å². The van der Waals surface area contributed by atoms with Gasteiger partial charge in [0.1, 0.15) is 6.10 Å². The highest BCUT2D eigenvalue weighted by molar-refractivity contribution is 5.96. The maximum Gasteiger partial charge on any atom is 0.224 e. The van der Waals surface area contributed by atoms with Crippen LogP contribution in [0.5, 0.6) is 5.88 Å². The lowest BCUT2D eigenvalue weighted by Crippen LogP contribution is -2.19. The van der Waals surface area contributed by atoms with Gasteiger partial charge in [-0.1, -0.05) is 0 Å². The molecule has 0 bridgehead atoms. The summed E-state index contributed by atoms with van der Waals surface area (Å²) in [5.74, 6) is 0.317. The first-order valence-corrected chi connectivity index (χ1v) is 4.76. The van der Waals surface area contributed by atoms with Gasteiger partial charge >= 0.3 is 0 Å². The predicted molar refractivity (Wildman–Crippen MR) is 56.2 cm³/mol. The Hall–Kier alpha value is -1.42. The lowest BCUT2D eigenvalue weighted by atomic mass is 10.2.